The maximum absolute atomic E-state index is 12.3. The van der Waals surface area contributed by atoms with Gasteiger partial charge in [0, 0.05) is 25.7 Å². The van der Waals surface area contributed by atoms with Crippen molar-refractivity contribution in [2.24, 2.45) is 0 Å². The highest BCUT2D eigenvalue weighted by atomic mass is 16.5. The predicted molar refractivity (Wildman–Crippen MR) is 97.1 cm³/mol. The Morgan fingerprint density at radius 3 is 2.69 bits per heavy atom. The Hall–Kier alpha value is -1.51. The number of aliphatic hydroxyl groups is 1. The fourth-order valence-corrected chi connectivity index (χ4v) is 4.26. The highest BCUT2D eigenvalue weighted by Crippen LogP contribution is 2.24. The van der Waals surface area contributed by atoms with E-state index in [9.17, 15) is 9.90 Å². The first-order valence-electron chi connectivity index (χ1n) is 9.55. The minimum atomic E-state index is -0.377. The Morgan fingerprint density at radius 1 is 1.15 bits per heavy atom. The van der Waals surface area contributed by atoms with Gasteiger partial charge >= 0.3 is 0 Å². The predicted octanol–water partition coefficient (Wildman–Crippen LogP) is -0.284. The number of nitrogens with one attached hydrogen (secondary N) is 2. The van der Waals surface area contributed by atoms with E-state index in [4.69, 9.17) is 4.74 Å². The standard InChI is InChI=1S/C19H28N4O3/c24-16-6-7-23(15(16)12-14-4-2-1-3-5-14)19-20-17(13-18(25)21-19)22-8-10-26-11-9-22/h1-5,15-17,19-20,24H,6-13H2,(H,21,25)/t15-,16-,17?,19?/m0/s1. The van der Waals surface area contributed by atoms with Crippen molar-refractivity contribution in [3.8, 4) is 0 Å². The second-order valence-corrected chi connectivity index (χ2v) is 7.36. The van der Waals surface area contributed by atoms with Gasteiger partial charge in [0.1, 0.15) is 6.29 Å². The highest BCUT2D eigenvalue weighted by molar-refractivity contribution is 5.77. The number of nitrogens with zero attached hydrogens (tertiary/aromatic N) is 2. The van der Waals surface area contributed by atoms with Gasteiger partial charge in [0.25, 0.3) is 0 Å². The van der Waals surface area contributed by atoms with E-state index in [1.54, 1.807) is 0 Å². The van der Waals surface area contributed by atoms with Crippen molar-refractivity contribution in [2.75, 3.05) is 32.8 Å². The second kappa shape index (κ2) is 8.02. The number of rotatable bonds is 4. The van der Waals surface area contributed by atoms with Crippen molar-refractivity contribution in [3.63, 3.8) is 0 Å². The van der Waals surface area contributed by atoms with Gasteiger partial charge in [-0.25, -0.2) is 0 Å². The smallest absolute Gasteiger partial charge is 0.225 e. The number of aliphatic hydroxyl groups excluding tert-OH is 1. The van der Waals surface area contributed by atoms with E-state index >= 15 is 0 Å². The van der Waals surface area contributed by atoms with Crippen molar-refractivity contribution in [3.05, 3.63) is 35.9 Å². The van der Waals surface area contributed by atoms with Gasteiger partial charge in [-0.05, 0) is 18.4 Å². The van der Waals surface area contributed by atoms with Gasteiger partial charge in [-0.15, -0.1) is 0 Å². The van der Waals surface area contributed by atoms with E-state index in [1.807, 2.05) is 18.2 Å². The average molecular weight is 360 g/mol. The van der Waals surface area contributed by atoms with Crippen molar-refractivity contribution in [2.45, 2.75) is 43.9 Å². The molecule has 3 heterocycles. The Balaban J connectivity index is 1.46. The third kappa shape index (κ3) is 3.92. The van der Waals surface area contributed by atoms with Gasteiger partial charge in [0.2, 0.25) is 5.91 Å². The van der Waals surface area contributed by atoms with Crippen LogP contribution in [-0.4, -0.2) is 78.3 Å². The molecule has 0 saturated carbocycles. The molecule has 3 fully saturated rings. The lowest BCUT2D eigenvalue weighted by molar-refractivity contribution is -0.131. The van der Waals surface area contributed by atoms with E-state index in [-0.39, 0.29) is 30.5 Å². The minimum absolute atomic E-state index is 0.00126. The van der Waals surface area contributed by atoms with Crippen LogP contribution >= 0.6 is 0 Å². The summed E-state index contributed by atoms with van der Waals surface area (Å²) in [5.74, 6) is 0.0603. The SMILES string of the molecule is O=C1CC(N2CCOCC2)NC(N2CC[C@H](O)[C@@H]2Cc2ccccc2)N1. The molecular weight excluding hydrogens is 332 g/mol. The molecule has 142 valence electrons. The molecule has 0 aromatic heterocycles. The fraction of sp³-hybridized carbons (Fsp3) is 0.632. The van der Waals surface area contributed by atoms with Gasteiger partial charge in [0.15, 0.2) is 0 Å². The van der Waals surface area contributed by atoms with Crippen LogP contribution in [-0.2, 0) is 16.0 Å². The van der Waals surface area contributed by atoms with E-state index in [0.717, 1.165) is 32.5 Å². The molecule has 26 heavy (non-hydrogen) atoms. The molecule has 3 aliphatic rings. The largest absolute Gasteiger partial charge is 0.391 e. The first-order chi connectivity index (χ1) is 12.7. The molecule has 3 aliphatic heterocycles. The van der Waals surface area contributed by atoms with E-state index in [1.165, 1.54) is 5.56 Å². The summed E-state index contributed by atoms with van der Waals surface area (Å²) < 4.78 is 5.43. The lowest BCUT2D eigenvalue weighted by atomic mass is 10.0. The summed E-state index contributed by atoms with van der Waals surface area (Å²) in [5, 5.41) is 17.2. The molecule has 0 radical (unpaired) electrons. The zero-order chi connectivity index (χ0) is 17.9. The van der Waals surface area contributed by atoms with E-state index < -0.39 is 0 Å². The number of benzene rings is 1. The summed E-state index contributed by atoms with van der Waals surface area (Å²) in [4.78, 5) is 16.8. The number of ether oxygens (including phenoxy) is 1. The molecule has 0 aliphatic carbocycles. The molecule has 1 aromatic rings. The molecule has 0 bridgehead atoms. The van der Waals surface area contributed by atoms with Crippen LogP contribution in [0, 0.1) is 0 Å². The number of amides is 1. The molecule has 4 atom stereocenters. The van der Waals surface area contributed by atoms with Crippen LogP contribution in [0.4, 0.5) is 0 Å². The summed E-state index contributed by atoms with van der Waals surface area (Å²) in [6.45, 7) is 3.88. The zero-order valence-corrected chi connectivity index (χ0v) is 15.0. The van der Waals surface area contributed by atoms with Crippen LogP contribution < -0.4 is 10.6 Å². The van der Waals surface area contributed by atoms with Crippen molar-refractivity contribution in [1.29, 1.82) is 0 Å². The van der Waals surface area contributed by atoms with Crippen LogP contribution in [0.15, 0.2) is 30.3 Å². The Bertz CT molecular complexity index is 608. The van der Waals surface area contributed by atoms with E-state index in [0.29, 0.717) is 19.6 Å². The number of hydrogen-bond donors (Lipinski definition) is 3. The molecular formula is C19H28N4O3. The average Bonchev–Trinajstić information content (AvgIpc) is 3.03. The highest BCUT2D eigenvalue weighted by Gasteiger charge is 2.41. The quantitative estimate of drug-likeness (QED) is 0.685. The first-order valence-corrected chi connectivity index (χ1v) is 9.55. The molecule has 7 nitrogen and oxygen atoms in total. The summed E-state index contributed by atoms with van der Waals surface area (Å²) in [7, 11) is 0. The monoisotopic (exact) mass is 360 g/mol. The Morgan fingerprint density at radius 2 is 1.92 bits per heavy atom. The Kier molecular flexibility index (Phi) is 5.52. The molecule has 4 rings (SSSR count). The van der Waals surface area contributed by atoms with Gasteiger partial charge in [-0.2, -0.15) is 0 Å². The van der Waals surface area contributed by atoms with Crippen LogP contribution in [0.5, 0.6) is 0 Å². The molecule has 1 amide bonds. The second-order valence-electron chi connectivity index (χ2n) is 7.36. The van der Waals surface area contributed by atoms with Crippen molar-refractivity contribution < 1.29 is 14.6 Å². The van der Waals surface area contributed by atoms with Gasteiger partial charge in [-0.1, -0.05) is 30.3 Å². The summed E-state index contributed by atoms with van der Waals surface area (Å²) in [6.07, 6.45) is 1.36. The van der Waals surface area contributed by atoms with Crippen LogP contribution in [0.1, 0.15) is 18.4 Å². The van der Waals surface area contributed by atoms with Crippen LogP contribution in [0.25, 0.3) is 0 Å². The topological polar surface area (TPSA) is 77.1 Å². The maximum atomic E-state index is 12.3. The third-order valence-corrected chi connectivity index (χ3v) is 5.69. The zero-order valence-electron chi connectivity index (χ0n) is 15.0. The van der Waals surface area contributed by atoms with Gasteiger partial charge in [0.05, 0.1) is 31.9 Å². The molecule has 3 saturated heterocycles. The summed E-state index contributed by atoms with van der Waals surface area (Å²) in [6, 6.07) is 10.2. The number of carbonyl (C=O) groups excluding carboxylic acids is 1. The first kappa shape index (κ1) is 17.9. The maximum Gasteiger partial charge on any atom is 0.225 e. The number of carbonyl (C=O) groups is 1. The van der Waals surface area contributed by atoms with Gasteiger partial charge < -0.3 is 15.2 Å². The summed E-state index contributed by atoms with van der Waals surface area (Å²) in [5.41, 5.74) is 1.20. The number of hydrogen-bond acceptors (Lipinski definition) is 6. The molecule has 3 N–H and O–H groups in total. The third-order valence-electron chi connectivity index (χ3n) is 5.69. The minimum Gasteiger partial charge on any atom is -0.391 e. The lowest BCUT2D eigenvalue weighted by Crippen LogP contribution is -2.69. The molecule has 2 unspecified atom stereocenters. The Labute approximate surface area is 154 Å². The van der Waals surface area contributed by atoms with Crippen molar-refractivity contribution in [1.82, 2.24) is 20.4 Å². The van der Waals surface area contributed by atoms with Crippen LogP contribution in [0.3, 0.4) is 0 Å². The number of morpholine rings is 1. The van der Waals surface area contributed by atoms with Crippen molar-refractivity contribution >= 4 is 5.91 Å². The molecule has 1 aromatic carbocycles. The van der Waals surface area contributed by atoms with Crippen LogP contribution in [0.2, 0.25) is 0 Å². The van der Waals surface area contributed by atoms with E-state index in [2.05, 4.69) is 32.6 Å². The number of likely N-dealkylation sites (tertiary alicyclic amines) is 1. The normalized spacial score (nSPS) is 34.0. The molecule has 0 spiro atoms. The summed E-state index contributed by atoms with van der Waals surface area (Å²) >= 11 is 0. The van der Waals surface area contributed by atoms with Gasteiger partial charge in [-0.3, -0.25) is 19.9 Å². The molecule has 7 heteroatoms. The lowest BCUT2D eigenvalue weighted by Gasteiger charge is -2.44. The fourth-order valence-electron chi connectivity index (χ4n) is 4.26.